The molecule has 0 saturated heterocycles. The van der Waals surface area contributed by atoms with Crippen molar-refractivity contribution < 1.29 is 8.42 Å². The lowest BCUT2D eigenvalue weighted by atomic mass is 10.0. The molecule has 17 heavy (non-hydrogen) atoms. The van der Waals surface area contributed by atoms with E-state index in [4.69, 9.17) is 6.42 Å². The van der Waals surface area contributed by atoms with Crippen LogP contribution in [0.15, 0.2) is 24.3 Å². The summed E-state index contributed by atoms with van der Waals surface area (Å²) in [4.78, 5) is 0. The molecule has 0 aliphatic heterocycles. The predicted molar refractivity (Wildman–Crippen MR) is 71.2 cm³/mol. The van der Waals surface area contributed by atoms with Crippen molar-refractivity contribution >= 4 is 15.7 Å². The standard InChI is InChI=1S/C13H17NO2S/c1-5-11-7-6-8-12(9-11)14-17(15,16)10-13(2,3)4/h1,6-9,14H,10H2,2-4H3. The Balaban J connectivity index is 2.88. The number of rotatable bonds is 3. The Morgan fingerprint density at radius 3 is 2.53 bits per heavy atom. The van der Waals surface area contributed by atoms with Gasteiger partial charge in [-0.2, -0.15) is 0 Å². The van der Waals surface area contributed by atoms with Crippen molar-refractivity contribution in [3.8, 4) is 12.3 Å². The van der Waals surface area contributed by atoms with Crippen molar-refractivity contribution in [3.63, 3.8) is 0 Å². The van der Waals surface area contributed by atoms with Gasteiger partial charge in [0.05, 0.1) is 5.75 Å². The number of terminal acetylenes is 1. The summed E-state index contributed by atoms with van der Waals surface area (Å²) in [5.41, 5.74) is 0.876. The third-order valence-corrected chi connectivity index (χ3v) is 3.72. The SMILES string of the molecule is C#Cc1cccc(NS(=O)(=O)CC(C)(C)C)c1. The van der Waals surface area contributed by atoms with E-state index in [-0.39, 0.29) is 11.2 Å². The van der Waals surface area contributed by atoms with Gasteiger partial charge in [-0.1, -0.05) is 32.8 Å². The summed E-state index contributed by atoms with van der Waals surface area (Å²) >= 11 is 0. The van der Waals surface area contributed by atoms with Gasteiger partial charge in [0.2, 0.25) is 10.0 Å². The Bertz CT molecular complexity index is 533. The lowest BCUT2D eigenvalue weighted by molar-refractivity contribution is 0.463. The summed E-state index contributed by atoms with van der Waals surface area (Å²) in [7, 11) is -3.34. The van der Waals surface area contributed by atoms with Gasteiger partial charge in [-0.3, -0.25) is 4.72 Å². The first kappa shape index (κ1) is 13.6. The molecule has 1 N–H and O–H groups in total. The van der Waals surface area contributed by atoms with Crippen LogP contribution in [0.5, 0.6) is 0 Å². The first-order valence-corrected chi connectivity index (χ1v) is 6.94. The van der Waals surface area contributed by atoms with Gasteiger partial charge in [0.15, 0.2) is 0 Å². The van der Waals surface area contributed by atoms with E-state index in [0.29, 0.717) is 11.3 Å². The van der Waals surface area contributed by atoms with E-state index in [9.17, 15) is 8.42 Å². The van der Waals surface area contributed by atoms with Crippen molar-refractivity contribution in [1.82, 2.24) is 0 Å². The molecule has 0 aliphatic rings. The summed E-state index contributed by atoms with van der Waals surface area (Å²) in [6, 6.07) is 6.80. The van der Waals surface area contributed by atoms with Gasteiger partial charge < -0.3 is 0 Å². The maximum atomic E-state index is 11.9. The predicted octanol–water partition coefficient (Wildman–Crippen LogP) is 2.46. The van der Waals surface area contributed by atoms with Gasteiger partial charge in [0, 0.05) is 11.3 Å². The summed E-state index contributed by atoms with van der Waals surface area (Å²) in [5.74, 6) is 2.54. The van der Waals surface area contributed by atoms with Crippen LogP contribution in [0.2, 0.25) is 0 Å². The quantitative estimate of drug-likeness (QED) is 0.839. The highest BCUT2D eigenvalue weighted by molar-refractivity contribution is 7.92. The highest BCUT2D eigenvalue weighted by Gasteiger charge is 2.21. The fraction of sp³-hybridized carbons (Fsp3) is 0.385. The topological polar surface area (TPSA) is 46.2 Å². The normalized spacial score (nSPS) is 11.9. The minimum absolute atomic E-state index is 0.0697. The van der Waals surface area contributed by atoms with Crippen LogP contribution in [0, 0.1) is 17.8 Å². The molecule has 1 rings (SSSR count). The Kier molecular flexibility index (Phi) is 3.84. The third kappa shape index (κ3) is 4.92. The molecule has 0 bridgehead atoms. The van der Waals surface area contributed by atoms with Gasteiger partial charge in [0.1, 0.15) is 0 Å². The molecular formula is C13H17NO2S. The summed E-state index contributed by atoms with van der Waals surface area (Å²) in [5, 5.41) is 0. The van der Waals surface area contributed by atoms with Crippen molar-refractivity contribution in [2.45, 2.75) is 20.8 Å². The van der Waals surface area contributed by atoms with Crippen molar-refractivity contribution in [1.29, 1.82) is 0 Å². The largest absolute Gasteiger partial charge is 0.283 e. The molecular weight excluding hydrogens is 234 g/mol. The fourth-order valence-electron chi connectivity index (χ4n) is 1.46. The molecule has 0 aromatic heterocycles. The van der Waals surface area contributed by atoms with Crippen LogP contribution >= 0.6 is 0 Å². The molecule has 0 aliphatic carbocycles. The van der Waals surface area contributed by atoms with Gasteiger partial charge in [-0.25, -0.2) is 8.42 Å². The Morgan fingerprint density at radius 2 is 2.00 bits per heavy atom. The zero-order chi connectivity index (χ0) is 13.1. The van der Waals surface area contributed by atoms with Crippen LogP contribution < -0.4 is 4.72 Å². The molecule has 0 saturated carbocycles. The van der Waals surface area contributed by atoms with E-state index in [1.807, 2.05) is 20.8 Å². The molecule has 0 radical (unpaired) electrons. The van der Waals surface area contributed by atoms with E-state index in [1.165, 1.54) is 0 Å². The number of benzene rings is 1. The molecule has 4 heteroatoms. The zero-order valence-electron chi connectivity index (χ0n) is 10.3. The second-order valence-corrected chi connectivity index (χ2v) is 6.87. The molecule has 0 atom stereocenters. The number of hydrogen-bond donors (Lipinski definition) is 1. The average molecular weight is 251 g/mol. The monoisotopic (exact) mass is 251 g/mol. The zero-order valence-corrected chi connectivity index (χ0v) is 11.1. The van der Waals surface area contributed by atoms with Gasteiger partial charge in [0.25, 0.3) is 0 Å². The van der Waals surface area contributed by atoms with Crippen LogP contribution in [0.1, 0.15) is 26.3 Å². The molecule has 0 heterocycles. The second kappa shape index (κ2) is 4.80. The van der Waals surface area contributed by atoms with Gasteiger partial charge in [-0.05, 0) is 23.6 Å². The lowest BCUT2D eigenvalue weighted by Gasteiger charge is -2.18. The highest BCUT2D eigenvalue weighted by Crippen LogP contribution is 2.19. The maximum absolute atomic E-state index is 11.9. The Morgan fingerprint density at radius 1 is 1.35 bits per heavy atom. The highest BCUT2D eigenvalue weighted by atomic mass is 32.2. The minimum atomic E-state index is -3.34. The molecule has 1 aromatic carbocycles. The Labute approximate surface area is 103 Å². The number of sulfonamides is 1. The van der Waals surface area contributed by atoms with Gasteiger partial charge in [-0.15, -0.1) is 6.42 Å². The van der Waals surface area contributed by atoms with Crippen LogP contribution in [-0.2, 0) is 10.0 Å². The molecule has 92 valence electrons. The van der Waals surface area contributed by atoms with Crippen LogP contribution in [0.3, 0.4) is 0 Å². The number of hydrogen-bond acceptors (Lipinski definition) is 2. The second-order valence-electron chi connectivity index (χ2n) is 5.15. The molecule has 0 spiro atoms. The van der Waals surface area contributed by atoms with Crippen LogP contribution in [-0.4, -0.2) is 14.2 Å². The van der Waals surface area contributed by atoms with Crippen molar-refractivity contribution in [2.24, 2.45) is 5.41 Å². The first-order valence-electron chi connectivity index (χ1n) is 5.29. The maximum Gasteiger partial charge on any atom is 0.233 e. The minimum Gasteiger partial charge on any atom is -0.283 e. The van der Waals surface area contributed by atoms with Crippen LogP contribution in [0.25, 0.3) is 0 Å². The molecule has 0 unspecified atom stereocenters. The molecule has 0 amide bonds. The van der Waals surface area contributed by atoms with E-state index in [1.54, 1.807) is 24.3 Å². The summed E-state index contributed by atoms with van der Waals surface area (Å²) in [6.07, 6.45) is 5.26. The summed E-state index contributed by atoms with van der Waals surface area (Å²) in [6.45, 7) is 5.64. The Hall–Kier alpha value is -1.47. The number of anilines is 1. The smallest absolute Gasteiger partial charge is 0.233 e. The van der Waals surface area contributed by atoms with E-state index < -0.39 is 10.0 Å². The first-order chi connectivity index (χ1) is 7.72. The van der Waals surface area contributed by atoms with Gasteiger partial charge >= 0.3 is 0 Å². The lowest BCUT2D eigenvalue weighted by Crippen LogP contribution is -2.26. The van der Waals surface area contributed by atoms with E-state index in [2.05, 4.69) is 10.6 Å². The molecule has 0 fully saturated rings. The van der Waals surface area contributed by atoms with E-state index in [0.717, 1.165) is 0 Å². The summed E-state index contributed by atoms with van der Waals surface area (Å²) < 4.78 is 26.2. The fourth-order valence-corrected chi connectivity index (χ4v) is 3.16. The third-order valence-electron chi connectivity index (χ3n) is 1.93. The van der Waals surface area contributed by atoms with Crippen molar-refractivity contribution in [3.05, 3.63) is 29.8 Å². The van der Waals surface area contributed by atoms with Crippen molar-refractivity contribution in [2.75, 3.05) is 10.5 Å². The number of nitrogens with one attached hydrogen (secondary N) is 1. The van der Waals surface area contributed by atoms with Crippen LogP contribution in [0.4, 0.5) is 5.69 Å². The average Bonchev–Trinajstić information content (AvgIpc) is 2.13. The van der Waals surface area contributed by atoms with E-state index >= 15 is 0 Å². The molecule has 3 nitrogen and oxygen atoms in total. The molecule has 1 aromatic rings.